The highest BCUT2D eigenvalue weighted by Crippen LogP contribution is 2.47. The molecular weight excluding hydrogens is 495 g/mol. The Kier molecular flexibility index (Phi) is 8.88. The summed E-state index contributed by atoms with van der Waals surface area (Å²) < 4.78 is 36.9. The van der Waals surface area contributed by atoms with Crippen molar-refractivity contribution in [1.29, 1.82) is 0 Å². The molecule has 0 aliphatic carbocycles. The van der Waals surface area contributed by atoms with Gasteiger partial charge in [-0.1, -0.05) is 18.2 Å². The van der Waals surface area contributed by atoms with Crippen LogP contribution in [0.2, 0.25) is 0 Å². The lowest BCUT2D eigenvalue weighted by atomic mass is 10.1. The normalized spacial score (nSPS) is 25.2. The number of aliphatic hydroxyl groups is 2. The Labute approximate surface area is 207 Å². The van der Waals surface area contributed by atoms with Crippen LogP contribution in [-0.2, 0) is 23.4 Å². The molecule has 13 nitrogen and oxygen atoms in total. The SMILES string of the molecule is CC(C)OC(=O)C(C)NP(=O)(Oc1ccccc1)OC(C)[C@H]1O[C@@H](n2ccc(N)nc2=O)C(O)[C@H]1O. The maximum atomic E-state index is 13.7. The summed E-state index contributed by atoms with van der Waals surface area (Å²) in [4.78, 5) is 28.1. The van der Waals surface area contributed by atoms with E-state index in [-0.39, 0.29) is 11.6 Å². The lowest BCUT2D eigenvalue weighted by molar-refractivity contribution is -0.149. The highest BCUT2D eigenvalue weighted by molar-refractivity contribution is 7.52. The van der Waals surface area contributed by atoms with Crippen LogP contribution in [0.25, 0.3) is 0 Å². The van der Waals surface area contributed by atoms with Gasteiger partial charge in [0.1, 0.15) is 35.9 Å². The number of esters is 1. The van der Waals surface area contributed by atoms with Gasteiger partial charge in [0.25, 0.3) is 0 Å². The van der Waals surface area contributed by atoms with Crippen LogP contribution >= 0.6 is 7.75 Å². The second kappa shape index (κ2) is 11.5. The van der Waals surface area contributed by atoms with Gasteiger partial charge in [-0.2, -0.15) is 10.1 Å². The average Bonchev–Trinajstić information content (AvgIpc) is 3.08. The molecule has 5 N–H and O–H groups in total. The van der Waals surface area contributed by atoms with Crippen molar-refractivity contribution in [2.75, 3.05) is 5.73 Å². The zero-order valence-electron chi connectivity index (χ0n) is 20.3. The van der Waals surface area contributed by atoms with Crippen LogP contribution in [0.5, 0.6) is 5.75 Å². The summed E-state index contributed by atoms with van der Waals surface area (Å²) in [5.41, 5.74) is 4.71. The largest absolute Gasteiger partial charge is 0.462 e. The molecule has 0 bridgehead atoms. The first-order chi connectivity index (χ1) is 16.9. The summed E-state index contributed by atoms with van der Waals surface area (Å²) in [5.74, 6) is -0.510. The Hall–Kier alpha value is -2.80. The molecule has 0 spiro atoms. The van der Waals surface area contributed by atoms with Gasteiger partial charge in [-0.25, -0.2) is 9.36 Å². The summed E-state index contributed by atoms with van der Waals surface area (Å²) >= 11 is 0. The Bertz CT molecular complexity index is 1150. The fourth-order valence-corrected chi connectivity index (χ4v) is 5.22. The maximum absolute atomic E-state index is 13.7. The van der Waals surface area contributed by atoms with Gasteiger partial charge in [0, 0.05) is 6.20 Å². The van der Waals surface area contributed by atoms with Gasteiger partial charge in [-0.05, 0) is 45.9 Å². The highest BCUT2D eigenvalue weighted by Gasteiger charge is 2.49. The van der Waals surface area contributed by atoms with Crippen LogP contribution in [0.15, 0.2) is 47.4 Å². The molecule has 7 atom stereocenters. The van der Waals surface area contributed by atoms with Gasteiger partial charge in [0.2, 0.25) is 0 Å². The lowest BCUT2D eigenvalue weighted by Gasteiger charge is -2.28. The van der Waals surface area contributed by atoms with Crippen molar-refractivity contribution in [3.8, 4) is 5.75 Å². The summed E-state index contributed by atoms with van der Waals surface area (Å²) in [6.07, 6.45) is -5.88. The number of nitrogens with two attached hydrogens (primary N) is 1. The van der Waals surface area contributed by atoms with E-state index in [1.165, 1.54) is 26.1 Å². The van der Waals surface area contributed by atoms with E-state index in [0.29, 0.717) is 0 Å². The molecule has 1 fully saturated rings. The van der Waals surface area contributed by atoms with Crippen molar-refractivity contribution in [2.45, 2.75) is 70.5 Å². The second-order valence-corrected chi connectivity index (χ2v) is 10.2. The van der Waals surface area contributed by atoms with E-state index >= 15 is 0 Å². The number of nitrogens with one attached hydrogen (secondary N) is 1. The molecule has 4 unspecified atom stereocenters. The van der Waals surface area contributed by atoms with Crippen molar-refractivity contribution >= 4 is 19.5 Å². The third kappa shape index (κ3) is 6.69. The lowest BCUT2D eigenvalue weighted by Crippen LogP contribution is -2.41. The number of ether oxygens (including phenoxy) is 2. The van der Waals surface area contributed by atoms with Crippen LogP contribution < -0.4 is 21.0 Å². The summed E-state index contributed by atoms with van der Waals surface area (Å²) in [6, 6.07) is 8.38. The Morgan fingerprint density at radius 3 is 2.44 bits per heavy atom. The molecule has 1 saturated heterocycles. The number of nitrogens with zero attached hydrogens (tertiary/aromatic N) is 2. The van der Waals surface area contributed by atoms with E-state index in [4.69, 9.17) is 24.3 Å². The number of hydrogen-bond acceptors (Lipinski definition) is 11. The minimum atomic E-state index is -4.28. The van der Waals surface area contributed by atoms with E-state index in [9.17, 15) is 24.4 Å². The first kappa shape index (κ1) is 27.8. The molecule has 1 aromatic heterocycles. The molecule has 1 aliphatic rings. The summed E-state index contributed by atoms with van der Waals surface area (Å²) in [6.45, 7) is 6.21. The molecule has 2 heterocycles. The van der Waals surface area contributed by atoms with Crippen LogP contribution in [0, 0.1) is 0 Å². The van der Waals surface area contributed by atoms with Gasteiger partial charge in [0.05, 0.1) is 12.2 Å². The summed E-state index contributed by atoms with van der Waals surface area (Å²) in [7, 11) is -4.28. The quantitative estimate of drug-likeness (QED) is 0.254. The molecular formula is C22H31N4O9P. The van der Waals surface area contributed by atoms with Crippen LogP contribution in [0.1, 0.15) is 33.9 Å². The number of para-hydroxylation sites is 1. The Morgan fingerprint density at radius 2 is 1.83 bits per heavy atom. The van der Waals surface area contributed by atoms with Crippen LogP contribution in [0.4, 0.5) is 5.82 Å². The van der Waals surface area contributed by atoms with Crippen molar-refractivity contribution < 1.29 is 38.1 Å². The van der Waals surface area contributed by atoms with Crippen LogP contribution in [-0.4, -0.2) is 62.3 Å². The van der Waals surface area contributed by atoms with E-state index in [1.807, 2.05) is 0 Å². The van der Waals surface area contributed by atoms with Gasteiger partial charge < -0.3 is 29.9 Å². The standard InChI is InChI=1S/C22H31N4O9P/c1-12(2)32-21(29)13(3)25-36(31,35-15-8-6-5-7-9-15)34-14(4)19-17(27)18(28)20(33-19)26-11-10-16(23)24-22(26)30/h5-14,17-20,27-28H,1-4H3,(H,25,31)(H2,23,24,30)/t13?,14?,17-,18?,19-,20-,36?/m1/s1. The molecule has 2 aromatic rings. The van der Waals surface area contributed by atoms with Crippen LogP contribution in [0.3, 0.4) is 0 Å². The number of benzene rings is 1. The number of carbonyl (C=O) groups is 1. The third-order valence-electron chi connectivity index (χ3n) is 5.19. The minimum absolute atomic E-state index is 0.0206. The third-order valence-corrected chi connectivity index (χ3v) is 6.96. The molecule has 3 rings (SSSR count). The Balaban J connectivity index is 1.81. The monoisotopic (exact) mass is 526 g/mol. The zero-order chi connectivity index (χ0) is 26.6. The average molecular weight is 526 g/mol. The van der Waals surface area contributed by atoms with Crippen molar-refractivity contribution in [1.82, 2.24) is 14.6 Å². The smallest absolute Gasteiger partial charge is 0.459 e. The first-order valence-electron chi connectivity index (χ1n) is 11.3. The predicted molar refractivity (Wildman–Crippen MR) is 128 cm³/mol. The molecule has 198 valence electrons. The minimum Gasteiger partial charge on any atom is -0.462 e. The van der Waals surface area contributed by atoms with E-state index in [1.54, 1.807) is 44.2 Å². The number of carbonyl (C=O) groups excluding carboxylic acids is 1. The van der Waals surface area contributed by atoms with Gasteiger partial charge in [-0.3, -0.25) is 13.9 Å². The van der Waals surface area contributed by atoms with Gasteiger partial charge >= 0.3 is 19.4 Å². The zero-order valence-corrected chi connectivity index (χ0v) is 21.1. The number of rotatable bonds is 10. The number of aromatic nitrogens is 2. The first-order valence-corrected chi connectivity index (χ1v) is 12.8. The van der Waals surface area contributed by atoms with Crippen molar-refractivity contribution in [2.24, 2.45) is 0 Å². The molecule has 0 amide bonds. The van der Waals surface area contributed by atoms with Crippen molar-refractivity contribution in [3.05, 3.63) is 53.1 Å². The predicted octanol–water partition coefficient (Wildman–Crippen LogP) is 0.967. The summed E-state index contributed by atoms with van der Waals surface area (Å²) in [5, 5.41) is 23.7. The fourth-order valence-electron chi connectivity index (χ4n) is 3.52. The molecule has 1 aliphatic heterocycles. The van der Waals surface area contributed by atoms with E-state index in [2.05, 4.69) is 10.1 Å². The number of nitrogen functional groups attached to an aromatic ring is 1. The van der Waals surface area contributed by atoms with E-state index < -0.39 is 62.2 Å². The van der Waals surface area contributed by atoms with E-state index in [0.717, 1.165) is 4.57 Å². The van der Waals surface area contributed by atoms with Gasteiger partial charge in [0.15, 0.2) is 6.23 Å². The number of anilines is 1. The Morgan fingerprint density at radius 1 is 1.17 bits per heavy atom. The maximum Gasteiger partial charge on any atom is 0.459 e. The molecule has 36 heavy (non-hydrogen) atoms. The van der Waals surface area contributed by atoms with Gasteiger partial charge in [-0.15, -0.1) is 0 Å². The topological polar surface area (TPSA) is 184 Å². The number of hydrogen-bond donors (Lipinski definition) is 4. The molecule has 0 saturated carbocycles. The molecule has 1 aromatic carbocycles. The van der Waals surface area contributed by atoms with Crippen molar-refractivity contribution in [3.63, 3.8) is 0 Å². The molecule has 14 heteroatoms. The molecule has 0 radical (unpaired) electrons. The second-order valence-electron chi connectivity index (χ2n) is 8.56. The fraction of sp³-hybridized carbons (Fsp3) is 0.500. The highest BCUT2D eigenvalue weighted by atomic mass is 31.2. The number of aliphatic hydroxyl groups excluding tert-OH is 2.